The predicted octanol–water partition coefficient (Wildman–Crippen LogP) is 0.906. The molecule has 1 aromatic rings. The van der Waals surface area contributed by atoms with Crippen molar-refractivity contribution in [1.82, 2.24) is 0 Å². The van der Waals surface area contributed by atoms with Crippen molar-refractivity contribution >= 4 is 24.0 Å². The van der Waals surface area contributed by atoms with E-state index in [0.717, 1.165) is 6.08 Å². The Kier molecular flexibility index (Phi) is 3.49. The number of benzene rings is 1. The van der Waals surface area contributed by atoms with Gasteiger partial charge < -0.3 is 5.73 Å². The molecule has 0 bridgehead atoms. The van der Waals surface area contributed by atoms with Gasteiger partial charge in [-0.3, -0.25) is 19.7 Å². The van der Waals surface area contributed by atoms with E-state index in [1.54, 1.807) is 0 Å². The Morgan fingerprint density at radius 1 is 1.44 bits per heavy atom. The second-order valence-corrected chi connectivity index (χ2v) is 2.93. The zero-order chi connectivity index (χ0) is 12.1. The smallest absolute Gasteiger partial charge is 0.279 e. The SMILES string of the molecule is NC(=O)C=Cc1ccc([N+](=O)[O-])c(C=O)c1. The van der Waals surface area contributed by atoms with Gasteiger partial charge in [-0.05, 0) is 23.8 Å². The van der Waals surface area contributed by atoms with Crippen LogP contribution in [0, 0.1) is 10.1 Å². The molecule has 6 heteroatoms. The van der Waals surface area contributed by atoms with Gasteiger partial charge in [0, 0.05) is 12.1 Å². The van der Waals surface area contributed by atoms with E-state index in [4.69, 9.17) is 5.73 Å². The molecule has 2 N–H and O–H groups in total. The monoisotopic (exact) mass is 220 g/mol. The van der Waals surface area contributed by atoms with Gasteiger partial charge in [0.1, 0.15) is 0 Å². The number of carbonyl (C=O) groups excluding carboxylic acids is 2. The van der Waals surface area contributed by atoms with E-state index in [9.17, 15) is 19.7 Å². The van der Waals surface area contributed by atoms with Crippen LogP contribution in [0.1, 0.15) is 15.9 Å². The third-order valence-corrected chi connectivity index (χ3v) is 1.82. The van der Waals surface area contributed by atoms with Crippen molar-refractivity contribution in [2.45, 2.75) is 0 Å². The molecular formula is C10H8N2O4. The van der Waals surface area contributed by atoms with Crippen LogP contribution in [0.25, 0.3) is 6.08 Å². The number of nitro benzene ring substituents is 1. The lowest BCUT2D eigenvalue weighted by Gasteiger charge is -1.97. The second kappa shape index (κ2) is 4.83. The minimum atomic E-state index is -0.648. The number of aldehydes is 1. The van der Waals surface area contributed by atoms with Crippen LogP contribution in [0.3, 0.4) is 0 Å². The Morgan fingerprint density at radius 2 is 2.12 bits per heavy atom. The maximum absolute atomic E-state index is 10.6. The summed E-state index contributed by atoms with van der Waals surface area (Å²) in [4.78, 5) is 30.9. The van der Waals surface area contributed by atoms with Crippen LogP contribution in [0.2, 0.25) is 0 Å². The summed E-state index contributed by atoms with van der Waals surface area (Å²) >= 11 is 0. The first-order chi connectivity index (χ1) is 7.54. The van der Waals surface area contributed by atoms with Crippen LogP contribution in [0.15, 0.2) is 24.3 Å². The fraction of sp³-hybridized carbons (Fsp3) is 0. The highest BCUT2D eigenvalue weighted by Gasteiger charge is 2.12. The molecule has 82 valence electrons. The van der Waals surface area contributed by atoms with Crippen molar-refractivity contribution in [3.05, 3.63) is 45.5 Å². The van der Waals surface area contributed by atoms with Crippen LogP contribution in [-0.4, -0.2) is 17.1 Å². The van der Waals surface area contributed by atoms with Crippen LogP contribution in [0.4, 0.5) is 5.69 Å². The highest BCUT2D eigenvalue weighted by molar-refractivity contribution is 5.91. The number of nitrogens with two attached hydrogens (primary N) is 1. The van der Waals surface area contributed by atoms with E-state index in [1.165, 1.54) is 24.3 Å². The van der Waals surface area contributed by atoms with Gasteiger partial charge >= 0.3 is 0 Å². The minimum absolute atomic E-state index is 0.0448. The van der Waals surface area contributed by atoms with Crippen LogP contribution < -0.4 is 5.73 Å². The molecular weight excluding hydrogens is 212 g/mol. The van der Waals surface area contributed by atoms with Crippen molar-refractivity contribution < 1.29 is 14.5 Å². The molecule has 0 fully saturated rings. The van der Waals surface area contributed by atoms with Crippen LogP contribution >= 0.6 is 0 Å². The van der Waals surface area contributed by atoms with Gasteiger partial charge in [0.2, 0.25) is 5.91 Å². The predicted molar refractivity (Wildman–Crippen MR) is 56.7 cm³/mol. The summed E-state index contributed by atoms with van der Waals surface area (Å²) in [5.74, 6) is -0.633. The average molecular weight is 220 g/mol. The molecule has 0 unspecified atom stereocenters. The molecule has 0 aromatic heterocycles. The maximum atomic E-state index is 10.6. The lowest BCUT2D eigenvalue weighted by atomic mass is 10.1. The van der Waals surface area contributed by atoms with E-state index < -0.39 is 10.8 Å². The number of hydrogen-bond acceptors (Lipinski definition) is 4. The highest BCUT2D eigenvalue weighted by Crippen LogP contribution is 2.18. The normalized spacial score (nSPS) is 10.2. The first kappa shape index (κ1) is 11.6. The Labute approximate surface area is 90.5 Å². The average Bonchev–Trinajstić information content (AvgIpc) is 2.25. The van der Waals surface area contributed by atoms with E-state index in [0.29, 0.717) is 11.8 Å². The maximum Gasteiger partial charge on any atom is 0.279 e. The molecule has 6 nitrogen and oxygen atoms in total. The Morgan fingerprint density at radius 3 is 2.62 bits per heavy atom. The Balaban J connectivity index is 3.14. The molecule has 0 saturated carbocycles. The van der Waals surface area contributed by atoms with E-state index in [1.807, 2.05) is 0 Å². The molecule has 1 aromatic carbocycles. The van der Waals surface area contributed by atoms with E-state index >= 15 is 0 Å². The Hall–Kier alpha value is -2.50. The summed E-state index contributed by atoms with van der Waals surface area (Å²) in [5.41, 5.74) is 5.06. The summed E-state index contributed by atoms with van der Waals surface area (Å²) in [6.07, 6.45) is 2.87. The number of amides is 1. The summed E-state index contributed by atoms with van der Waals surface area (Å²) < 4.78 is 0. The first-order valence-corrected chi connectivity index (χ1v) is 4.25. The lowest BCUT2D eigenvalue weighted by molar-refractivity contribution is -0.385. The first-order valence-electron chi connectivity index (χ1n) is 4.25. The third kappa shape index (κ3) is 2.74. The molecule has 16 heavy (non-hydrogen) atoms. The standard InChI is InChI=1S/C10H8N2O4/c11-10(14)4-2-7-1-3-9(12(15)16)8(5-7)6-13/h1-6H,(H2,11,14). The van der Waals surface area contributed by atoms with Gasteiger partial charge in [-0.2, -0.15) is 0 Å². The zero-order valence-electron chi connectivity index (χ0n) is 8.12. The largest absolute Gasteiger partial charge is 0.366 e. The van der Waals surface area contributed by atoms with Gasteiger partial charge in [-0.25, -0.2) is 0 Å². The van der Waals surface area contributed by atoms with Crippen molar-refractivity contribution in [3.63, 3.8) is 0 Å². The number of hydrogen-bond donors (Lipinski definition) is 1. The highest BCUT2D eigenvalue weighted by atomic mass is 16.6. The quantitative estimate of drug-likeness (QED) is 0.352. The van der Waals surface area contributed by atoms with Crippen molar-refractivity contribution in [3.8, 4) is 0 Å². The van der Waals surface area contributed by atoms with E-state index in [-0.39, 0.29) is 11.3 Å². The number of carbonyl (C=O) groups is 2. The van der Waals surface area contributed by atoms with E-state index in [2.05, 4.69) is 0 Å². The van der Waals surface area contributed by atoms with Gasteiger partial charge in [0.25, 0.3) is 5.69 Å². The van der Waals surface area contributed by atoms with Crippen molar-refractivity contribution in [2.24, 2.45) is 5.73 Å². The van der Waals surface area contributed by atoms with Crippen LogP contribution in [-0.2, 0) is 4.79 Å². The zero-order valence-corrected chi connectivity index (χ0v) is 8.12. The second-order valence-electron chi connectivity index (χ2n) is 2.93. The van der Waals surface area contributed by atoms with Crippen molar-refractivity contribution in [1.29, 1.82) is 0 Å². The molecule has 0 aliphatic heterocycles. The summed E-state index contributed by atoms with van der Waals surface area (Å²) in [5, 5.41) is 10.5. The van der Waals surface area contributed by atoms with Gasteiger partial charge in [-0.1, -0.05) is 0 Å². The van der Waals surface area contributed by atoms with Crippen LogP contribution in [0.5, 0.6) is 0 Å². The molecule has 1 rings (SSSR count). The molecule has 0 aliphatic rings. The Bertz CT molecular complexity index is 480. The summed E-state index contributed by atoms with van der Waals surface area (Å²) in [6, 6.07) is 3.93. The topological polar surface area (TPSA) is 103 Å². The van der Waals surface area contributed by atoms with Crippen molar-refractivity contribution in [2.75, 3.05) is 0 Å². The van der Waals surface area contributed by atoms with Gasteiger partial charge in [-0.15, -0.1) is 0 Å². The summed E-state index contributed by atoms with van der Waals surface area (Å²) in [6.45, 7) is 0. The summed E-state index contributed by atoms with van der Waals surface area (Å²) in [7, 11) is 0. The molecule has 0 aliphatic carbocycles. The lowest BCUT2D eigenvalue weighted by Crippen LogP contribution is -2.05. The molecule has 1 amide bonds. The molecule has 0 spiro atoms. The fourth-order valence-corrected chi connectivity index (χ4v) is 1.12. The molecule has 0 heterocycles. The molecule has 0 saturated heterocycles. The molecule has 0 atom stereocenters. The number of rotatable bonds is 4. The number of primary amides is 1. The third-order valence-electron chi connectivity index (χ3n) is 1.82. The van der Waals surface area contributed by atoms with Gasteiger partial charge in [0.15, 0.2) is 6.29 Å². The fourth-order valence-electron chi connectivity index (χ4n) is 1.12. The minimum Gasteiger partial charge on any atom is -0.366 e. The molecule has 0 radical (unpaired) electrons. The van der Waals surface area contributed by atoms with Gasteiger partial charge in [0.05, 0.1) is 10.5 Å². The number of nitro groups is 1. The number of nitrogens with zero attached hydrogens (tertiary/aromatic N) is 1.